The van der Waals surface area contributed by atoms with Crippen LogP contribution in [0.1, 0.15) is 75.5 Å². The van der Waals surface area contributed by atoms with Crippen LogP contribution in [0.3, 0.4) is 0 Å². The van der Waals surface area contributed by atoms with Crippen molar-refractivity contribution >= 4 is 15.9 Å². The van der Waals surface area contributed by atoms with Gasteiger partial charge >= 0.3 is 12.4 Å². The number of morpholine rings is 1. The first-order valence-electron chi connectivity index (χ1n) is 17.0. The molecule has 0 atom stereocenters. The average molecular weight is 753 g/mol. The smallest absolute Gasteiger partial charge is 0.378 e. The molecule has 52 heavy (non-hydrogen) atoms. The Labute approximate surface area is 296 Å². The van der Waals surface area contributed by atoms with Gasteiger partial charge in [0.1, 0.15) is 0 Å². The second kappa shape index (κ2) is 15.0. The molecule has 3 heterocycles. The summed E-state index contributed by atoms with van der Waals surface area (Å²) >= 11 is 0. The summed E-state index contributed by atoms with van der Waals surface area (Å²) < 4.78 is 112. The number of nitrogens with one attached hydrogen (secondary N) is 1. The molecule has 280 valence electrons. The number of sulfonamides is 1. The number of halogens is 6. The predicted molar refractivity (Wildman–Crippen MR) is 179 cm³/mol. The van der Waals surface area contributed by atoms with Crippen LogP contribution >= 0.6 is 0 Å². The number of alkyl halides is 6. The summed E-state index contributed by atoms with van der Waals surface area (Å²) in [5.41, 5.74) is 2.56. The van der Waals surface area contributed by atoms with Gasteiger partial charge in [0.15, 0.2) is 11.4 Å². The maximum Gasteiger partial charge on any atom is 0.435 e. The van der Waals surface area contributed by atoms with E-state index < -0.39 is 33.8 Å². The van der Waals surface area contributed by atoms with E-state index in [9.17, 15) is 39.6 Å². The molecular weight excluding hydrogens is 714 g/mol. The fourth-order valence-corrected chi connectivity index (χ4v) is 7.17. The van der Waals surface area contributed by atoms with E-state index in [-0.39, 0.29) is 12.5 Å². The summed E-state index contributed by atoms with van der Waals surface area (Å²) in [4.78, 5) is 14.2. The van der Waals surface area contributed by atoms with Crippen LogP contribution in [0.5, 0.6) is 0 Å². The number of hydrogen-bond acceptors (Lipinski definition) is 6. The number of aromatic nitrogens is 4. The summed E-state index contributed by atoms with van der Waals surface area (Å²) in [6.45, 7) is 2.25. The normalized spacial score (nSPS) is 16.5. The van der Waals surface area contributed by atoms with Crippen molar-refractivity contribution in [2.45, 2.75) is 70.3 Å². The molecule has 7 rings (SSSR count). The highest BCUT2D eigenvalue weighted by Crippen LogP contribution is 2.38. The van der Waals surface area contributed by atoms with Gasteiger partial charge in [-0.25, -0.2) is 22.5 Å². The van der Waals surface area contributed by atoms with E-state index in [1.54, 1.807) is 53.4 Å². The van der Waals surface area contributed by atoms with Crippen molar-refractivity contribution in [2.75, 3.05) is 32.6 Å². The number of rotatable bonds is 6. The molecule has 0 saturated carbocycles. The minimum Gasteiger partial charge on any atom is -0.378 e. The SMILES string of the molecule is CS(=O)(=O)NCc1ccc(-n2nc(C(F)(F)F)c3c2CCCC3)cc1.O=C(c1ccc(-n2nc(C(F)(F)F)c3c2CCCC3)cc1)N1CCOCC1. The van der Waals surface area contributed by atoms with Crippen molar-refractivity contribution in [3.63, 3.8) is 0 Å². The van der Waals surface area contributed by atoms with Crippen LogP contribution in [0.25, 0.3) is 11.4 Å². The second-order valence-electron chi connectivity index (χ2n) is 13.0. The first kappa shape index (κ1) is 37.5. The minimum atomic E-state index is -4.47. The number of hydrogen-bond donors (Lipinski definition) is 1. The first-order valence-corrected chi connectivity index (χ1v) is 18.9. The molecule has 2 aromatic heterocycles. The molecule has 0 radical (unpaired) electrons. The highest BCUT2D eigenvalue weighted by molar-refractivity contribution is 7.88. The van der Waals surface area contributed by atoms with Gasteiger partial charge in [-0.3, -0.25) is 4.79 Å². The van der Waals surface area contributed by atoms with Crippen LogP contribution < -0.4 is 4.72 Å². The molecule has 1 saturated heterocycles. The molecule has 1 aliphatic heterocycles. The van der Waals surface area contributed by atoms with Gasteiger partial charge in [0.25, 0.3) is 5.91 Å². The van der Waals surface area contributed by atoms with Gasteiger partial charge in [0, 0.05) is 47.7 Å². The molecule has 3 aliphatic rings. The zero-order valence-electron chi connectivity index (χ0n) is 28.4. The Kier molecular flexibility index (Phi) is 10.8. The number of ether oxygens (including phenoxy) is 1. The summed E-state index contributed by atoms with van der Waals surface area (Å²) in [6, 6.07) is 13.3. The fourth-order valence-electron chi connectivity index (χ4n) is 6.74. The van der Waals surface area contributed by atoms with Crippen molar-refractivity contribution in [3.05, 3.63) is 93.6 Å². The van der Waals surface area contributed by atoms with Crippen molar-refractivity contribution in [1.29, 1.82) is 0 Å². The third kappa shape index (κ3) is 8.52. The van der Waals surface area contributed by atoms with Crippen LogP contribution in [0.2, 0.25) is 0 Å². The number of amides is 1. The van der Waals surface area contributed by atoms with Gasteiger partial charge in [0.2, 0.25) is 10.0 Å². The van der Waals surface area contributed by atoms with Crippen molar-refractivity contribution < 1.29 is 44.3 Å². The Balaban J connectivity index is 0.000000179. The molecule has 1 fully saturated rings. The topological polar surface area (TPSA) is 111 Å². The lowest BCUT2D eigenvalue weighted by Gasteiger charge is -2.26. The van der Waals surface area contributed by atoms with Crippen LogP contribution in [0.15, 0.2) is 48.5 Å². The van der Waals surface area contributed by atoms with Gasteiger partial charge in [-0.1, -0.05) is 12.1 Å². The monoisotopic (exact) mass is 752 g/mol. The van der Waals surface area contributed by atoms with Crippen LogP contribution in [0, 0.1) is 0 Å². The summed E-state index contributed by atoms with van der Waals surface area (Å²) in [5.74, 6) is -0.0941. The summed E-state index contributed by atoms with van der Waals surface area (Å²) in [5, 5.41) is 7.71. The van der Waals surface area contributed by atoms with Crippen LogP contribution in [-0.4, -0.2) is 71.3 Å². The fraction of sp³-hybridized carbons (Fsp3) is 0.457. The quantitative estimate of drug-likeness (QED) is 0.240. The van der Waals surface area contributed by atoms with E-state index >= 15 is 0 Å². The van der Waals surface area contributed by atoms with E-state index in [0.717, 1.165) is 31.9 Å². The second-order valence-corrected chi connectivity index (χ2v) is 14.8. The molecule has 0 unspecified atom stereocenters. The summed E-state index contributed by atoms with van der Waals surface area (Å²) in [6.07, 6.45) is -2.76. The number of carbonyl (C=O) groups excluding carboxylic acids is 1. The molecule has 2 aromatic carbocycles. The Bertz CT molecular complexity index is 2000. The lowest BCUT2D eigenvalue weighted by molar-refractivity contribution is -0.142. The Hall–Kier alpha value is -4.22. The van der Waals surface area contributed by atoms with Gasteiger partial charge in [0.05, 0.1) is 30.8 Å². The van der Waals surface area contributed by atoms with E-state index in [2.05, 4.69) is 14.9 Å². The van der Waals surface area contributed by atoms with Crippen LogP contribution in [-0.2, 0) is 59.3 Å². The number of benzene rings is 2. The molecule has 1 N–H and O–H groups in total. The Morgan fingerprint density at radius 2 is 1.17 bits per heavy atom. The van der Waals surface area contributed by atoms with E-state index in [1.165, 1.54) is 9.36 Å². The maximum absolute atomic E-state index is 13.3. The summed E-state index contributed by atoms with van der Waals surface area (Å²) in [7, 11) is -3.30. The minimum absolute atomic E-state index is 0.0941. The standard InChI is InChI=1S/C19H20F3N3O2.C16H18F3N3O2S/c20-19(21,22)17-15-3-1-2-4-16(15)25(23-17)14-7-5-13(6-8-14)18(26)24-9-11-27-12-10-24;1-25(23,24)20-10-11-6-8-12(9-7-11)22-14-5-3-2-4-13(14)15(21-22)16(17,18)19/h5-8H,1-4,9-12H2;6-9,20H,2-5,10H2,1H3. The Morgan fingerprint density at radius 3 is 1.62 bits per heavy atom. The highest BCUT2D eigenvalue weighted by Gasteiger charge is 2.41. The zero-order chi connectivity index (χ0) is 37.3. The lowest BCUT2D eigenvalue weighted by atomic mass is 9.95. The van der Waals surface area contributed by atoms with E-state index in [0.29, 0.717) is 97.0 Å². The average Bonchev–Trinajstić information content (AvgIpc) is 3.72. The highest BCUT2D eigenvalue weighted by atomic mass is 32.2. The number of carbonyl (C=O) groups is 1. The molecular formula is C35H38F6N6O4S. The molecule has 10 nitrogen and oxygen atoms in total. The van der Waals surface area contributed by atoms with Gasteiger partial charge < -0.3 is 9.64 Å². The van der Waals surface area contributed by atoms with Gasteiger partial charge in [-0.2, -0.15) is 36.5 Å². The van der Waals surface area contributed by atoms with Crippen molar-refractivity contribution in [3.8, 4) is 11.4 Å². The van der Waals surface area contributed by atoms with E-state index in [4.69, 9.17) is 4.74 Å². The zero-order valence-corrected chi connectivity index (χ0v) is 29.2. The van der Waals surface area contributed by atoms with E-state index in [1.807, 2.05) is 0 Å². The molecule has 1 amide bonds. The molecule has 2 aliphatic carbocycles. The molecule has 4 aromatic rings. The third-order valence-electron chi connectivity index (χ3n) is 9.27. The molecule has 17 heteroatoms. The number of nitrogens with zero attached hydrogens (tertiary/aromatic N) is 5. The van der Waals surface area contributed by atoms with Crippen molar-refractivity contribution in [2.24, 2.45) is 0 Å². The lowest BCUT2D eigenvalue weighted by Crippen LogP contribution is -2.40. The Morgan fingerprint density at radius 1 is 0.731 bits per heavy atom. The van der Waals surface area contributed by atoms with Gasteiger partial charge in [-0.15, -0.1) is 0 Å². The maximum atomic E-state index is 13.3. The van der Waals surface area contributed by atoms with Gasteiger partial charge in [-0.05, 0) is 93.3 Å². The molecule has 0 spiro atoms. The first-order chi connectivity index (χ1) is 24.6. The molecule has 0 bridgehead atoms. The third-order valence-corrected chi connectivity index (χ3v) is 9.94. The van der Waals surface area contributed by atoms with Crippen molar-refractivity contribution in [1.82, 2.24) is 29.2 Å². The van der Waals surface area contributed by atoms with Crippen LogP contribution in [0.4, 0.5) is 26.3 Å². The predicted octanol–water partition coefficient (Wildman–Crippen LogP) is 6.06. The number of fused-ring (bicyclic) bond motifs is 2. The largest absolute Gasteiger partial charge is 0.435 e.